The molecule has 0 aliphatic heterocycles. The average Bonchev–Trinajstić information content (AvgIpc) is 2.84. The molecule has 108 valence electrons. The molecule has 0 amide bonds. The van der Waals surface area contributed by atoms with Crippen molar-refractivity contribution >= 4 is 69.9 Å². The van der Waals surface area contributed by atoms with E-state index in [4.69, 9.17) is 4.74 Å². The highest BCUT2D eigenvalue weighted by Crippen LogP contribution is 2.42. The molecule has 21 heavy (non-hydrogen) atoms. The predicted molar refractivity (Wildman–Crippen MR) is 101 cm³/mol. The number of rotatable bonds is 3. The molecule has 1 nitrogen and oxygen atoms in total. The first kappa shape index (κ1) is 15.5. The molecule has 1 heterocycles. The van der Waals surface area contributed by atoms with E-state index in [9.17, 15) is 0 Å². The summed E-state index contributed by atoms with van der Waals surface area (Å²) in [4.78, 5) is 0.168. The maximum absolute atomic E-state index is 5.27. The molecule has 3 aromatic rings. The Kier molecular flexibility index (Phi) is 4.74. The van der Waals surface area contributed by atoms with Crippen LogP contribution in [0.15, 0.2) is 50.0 Å². The third kappa shape index (κ3) is 3.21. The van der Waals surface area contributed by atoms with Gasteiger partial charge in [0.05, 0.1) is 19.5 Å². The third-order valence-electron chi connectivity index (χ3n) is 3.32. The third-order valence-corrected chi connectivity index (χ3v) is 6.73. The van der Waals surface area contributed by atoms with E-state index in [2.05, 4.69) is 84.2 Å². The first-order valence-electron chi connectivity index (χ1n) is 6.25. The SMILES string of the molecule is COc1ccc2cc(C(Br)c3cc(Br)sc3Br)ccc2c1. The lowest BCUT2D eigenvalue weighted by Gasteiger charge is -2.11. The largest absolute Gasteiger partial charge is 0.497 e. The lowest BCUT2D eigenvalue weighted by Crippen LogP contribution is -1.92. The second-order valence-electron chi connectivity index (χ2n) is 4.61. The molecule has 0 spiro atoms. The van der Waals surface area contributed by atoms with E-state index in [1.54, 1.807) is 18.4 Å². The van der Waals surface area contributed by atoms with Crippen LogP contribution in [0.5, 0.6) is 5.75 Å². The number of hydrogen-bond acceptors (Lipinski definition) is 2. The van der Waals surface area contributed by atoms with Crippen molar-refractivity contribution < 1.29 is 4.74 Å². The minimum absolute atomic E-state index is 0.168. The lowest BCUT2D eigenvalue weighted by atomic mass is 10.0. The summed E-state index contributed by atoms with van der Waals surface area (Å²) < 4.78 is 7.54. The molecule has 0 saturated heterocycles. The van der Waals surface area contributed by atoms with Crippen LogP contribution in [-0.2, 0) is 0 Å². The predicted octanol–water partition coefficient (Wildman–Crippen LogP) is 6.92. The van der Waals surface area contributed by atoms with Gasteiger partial charge in [0.25, 0.3) is 0 Å². The second-order valence-corrected chi connectivity index (χ2v) is 9.28. The number of ether oxygens (including phenoxy) is 1. The number of hydrogen-bond donors (Lipinski definition) is 0. The van der Waals surface area contributed by atoms with Crippen LogP contribution in [-0.4, -0.2) is 7.11 Å². The van der Waals surface area contributed by atoms with Gasteiger partial charge < -0.3 is 4.74 Å². The number of benzene rings is 2. The van der Waals surface area contributed by atoms with Gasteiger partial charge in [-0.1, -0.05) is 34.1 Å². The smallest absolute Gasteiger partial charge is 0.119 e. The molecule has 1 aromatic heterocycles. The molecule has 0 N–H and O–H groups in total. The van der Waals surface area contributed by atoms with E-state index in [-0.39, 0.29) is 4.83 Å². The highest BCUT2D eigenvalue weighted by molar-refractivity contribution is 9.12. The summed E-state index contributed by atoms with van der Waals surface area (Å²) in [6.07, 6.45) is 0. The molecule has 0 aliphatic carbocycles. The standard InChI is InChI=1S/C16H11Br3OS/c1-20-12-5-4-9-6-11(3-2-10(9)7-12)15(18)13-8-14(17)21-16(13)19/h2-8,15H,1H3. The summed E-state index contributed by atoms with van der Waals surface area (Å²) in [6.45, 7) is 0. The van der Waals surface area contributed by atoms with Crippen LogP contribution in [0.1, 0.15) is 16.0 Å². The highest BCUT2D eigenvalue weighted by atomic mass is 79.9. The Morgan fingerprint density at radius 3 is 2.38 bits per heavy atom. The zero-order valence-corrected chi connectivity index (χ0v) is 16.6. The summed E-state index contributed by atoms with van der Waals surface area (Å²) in [5.74, 6) is 0.884. The Bertz CT molecular complexity index is 797. The van der Waals surface area contributed by atoms with Crippen LogP contribution < -0.4 is 4.74 Å². The van der Waals surface area contributed by atoms with Gasteiger partial charge in [0.2, 0.25) is 0 Å². The molecule has 3 rings (SSSR count). The fourth-order valence-electron chi connectivity index (χ4n) is 2.23. The molecule has 1 unspecified atom stereocenters. The maximum Gasteiger partial charge on any atom is 0.119 e. The Labute approximate surface area is 152 Å². The fourth-order valence-corrected chi connectivity index (χ4v) is 6.24. The van der Waals surface area contributed by atoms with Crippen LogP contribution in [0.2, 0.25) is 0 Å². The topological polar surface area (TPSA) is 9.23 Å². The Morgan fingerprint density at radius 2 is 1.71 bits per heavy atom. The first-order chi connectivity index (χ1) is 10.1. The van der Waals surface area contributed by atoms with E-state index < -0.39 is 0 Å². The van der Waals surface area contributed by atoms with Gasteiger partial charge in [0.15, 0.2) is 0 Å². The molecule has 0 bridgehead atoms. The quantitative estimate of drug-likeness (QED) is 0.362. The van der Waals surface area contributed by atoms with E-state index in [0.717, 1.165) is 13.3 Å². The number of methoxy groups -OCH3 is 1. The Balaban J connectivity index is 2.02. The average molecular weight is 491 g/mol. The summed E-state index contributed by atoms with van der Waals surface area (Å²) in [5, 5.41) is 2.39. The summed E-state index contributed by atoms with van der Waals surface area (Å²) >= 11 is 12.6. The van der Waals surface area contributed by atoms with Crippen LogP contribution in [0.4, 0.5) is 0 Å². The maximum atomic E-state index is 5.27. The van der Waals surface area contributed by atoms with E-state index in [0.29, 0.717) is 0 Å². The van der Waals surface area contributed by atoms with Crippen molar-refractivity contribution in [1.29, 1.82) is 0 Å². The number of alkyl halides is 1. The monoisotopic (exact) mass is 488 g/mol. The van der Waals surface area contributed by atoms with Gasteiger partial charge in [-0.15, -0.1) is 11.3 Å². The highest BCUT2D eigenvalue weighted by Gasteiger charge is 2.16. The summed E-state index contributed by atoms with van der Waals surface area (Å²) in [5.41, 5.74) is 2.47. The Hall–Kier alpha value is -0.360. The van der Waals surface area contributed by atoms with Gasteiger partial charge >= 0.3 is 0 Å². The van der Waals surface area contributed by atoms with Gasteiger partial charge in [-0.25, -0.2) is 0 Å². The van der Waals surface area contributed by atoms with Crippen molar-refractivity contribution in [3.8, 4) is 5.75 Å². The van der Waals surface area contributed by atoms with Crippen LogP contribution in [0.25, 0.3) is 10.8 Å². The molecule has 5 heteroatoms. The fraction of sp³-hybridized carbons (Fsp3) is 0.125. The van der Waals surface area contributed by atoms with E-state index in [1.165, 1.54) is 21.9 Å². The van der Waals surface area contributed by atoms with E-state index in [1.807, 2.05) is 6.07 Å². The van der Waals surface area contributed by atoms with Crippen LogP contribution in [0.3, 0.4) is 0 Å². The van der Waals surface area contributed by atoms with Crippen LogP contribution >= 0.6 is 59.1 Å². The minimum atomic E-state index is 0.168. The number of fused-ring (bicyclic) bond motifs is 1. The van der Waals surface area contributed by atoms with Crippen molar-refractivity contribution in [3.63, 3.8) is 0 Å². The van der Waals surface area contributed by atoms with Crippen molar-refractivity contribution in [2.45, 2.75) is 4.83 Å². The van der Waals surface area contributed by atoms with E-state index >= 15 is 0 Å². The number of halogens is 3. The summed E-state index contributed by atoms with van der Waals surface area (Å²) in [7, 11) is 1.69. The second kappa shape index (κ2) is 6.41. The molecule has 2 aromatic carbocycles. The molecule has 0 radical (unpaired) electrons. The molecular formula is C16H11Br3OS. The van der Waals surface area contributed by atoms with Crippen molar-refractivity contribution in [1.82, 2.24) is 0 Å². The normalized spacial score (nSPS) is 12.6. The minimum Gasteiger partial charge on any atom is -0.497 e. The molecular weight excluding hydrogens is 480 g/mol. The first-order valence-corrected chi connectivity index (χ1v) is 9.57. The number of thiophene rings is 1. The van der Waals surface area contributed by atoms with Crippen molar-refractivity contribution in [3.05, 3.63) is 61.2 Å². The van der Waals surface area contributed by atoms with Gasteiger partial charge in [0, 0.05) is 0 Å². The zero-order valence-electron chi connectivity index (χ0n) is 11.1. The summed E-state index contributed by atoms with van der Waals surface area (Å²) in [6, 6.07) is 14.8. The molecule has 0 saturated carbocycles. The van der Waals surface area contributed by atoms with Crippen LogP contribution in [0, 0.1) is 0 Å². The molecule has 1 atom stereocenters. The zero-order chi connectivity index (χ0) is 15.0. The van der Waals surface area contributed by atoms with Gasteiger partial charge in [-0.2, -0.15) is 0 Å². The lowest BCUT2D eigenvalue weighted by molar-refractivity contribution is 0.415. The van der Waals surface area contributed by atoms with Crippen molar-refractivity contribution in [2.24, 2.45) is 0 Å². The molecule has 0 aliphatic rings. The van der Waals surface area contributed by atoms with Gasteiger partial charge in [-0.05, 0) is 78.0 Å². The Morgan fingerprint density at radius 1 is 1.00 bits per heavy atom. The molecule has 0 fully saturated rings. The van der Waals surface area contributed by atoms with Crippen molar-refractivity contribution in [2.75, 3.05) is 7.11 Å². The van der Waals surface area contributed by atoms with Gasteiger partial charge in [0.1, 0.15) is 5.75 Å². The van der Waals surface area contributed by atoms with Gasteiger partial charge in [-0.3, -0.25) is 0 Å².